The van der Waals surface area contributed by atoms with Crippen LogP contribution in [0.2, 0.25) is 0 Å². The lowest BCUT2D eigenvalue weighted by atomic mass is 10.1. The van der Waals surface area contributed by atoms with E-state index in [1.165, 1.54) is 24.3 Å². The lowest BCUT2D eigenvalue weighted by Crippen LogP contribution is -2.43. The van der Waals surface area contributed by atoms with Crippen molar-refractivity contribution in [1.29, 1.82) is 0 Å². The van der Waals surface area contributed by atoms with Crippen LogP contribution in [0.1, 0.15) is 16.7 Å². The molecule has 1 fully saturated rings. The van der Waals surface area contributed by atoms with Gasteiger partial charge in [-0.1, -0.05) is 24.3 Å². The minimum atomic E-state index is -4.41. The maximum Gasteiger partial charge on any atom is 0.416 e. The van der Waals surface area contributed by atoms with Crippen molar-refractivity contribution >= 4 is 17.7 Å². The number of likely N-dealkylation sites (N-methyl/N-ethyl adjacent to an activating group) is 1. The Morgan fingerprint density at radius 1 is 1.07 bits per heavy atom. The Morgan fingerprint density at radius 3 is 2.52 bits per heavy atom. The number of amides is 1. The summed E-state index contributed by atoms with van der Waals surface area (Å²) in [5.74, 6) is -0.390. The van der Waals surface area contributed by atoms with Crippen LogP contribution in [-0.4, -0.2) is 48.9 Å². The van der Waals surface area contributed by atoms with Crippen LogP contribution in [0.25, 0.3) is 6.08 Å². The highest BCUT2D eigenvalue weighted by Gasteiger charge is 2.30. The number of nitrogens with one attached hydrogen (secondary N) is 1. The summed E-state index contributed by atoms with van der Waals surface area (Å²) in [6.45, 7) is 4.91. The third kappa shape index (κ3) is 6.44. The van der Waals surface area contributed by atoms with Crippen molar-refractivity contribution in [3.63, 3.8) is 0 Å². The van der Waals surface area contributed by atoms with Crippen LogP contribution in [0.4, 0.5) is 18.9 Å². The summed E-state index contributed by atoms with van der Waals surface area (Å²) in [4.78, 5) is 16.8. The van der Waals surface area contributed by atoms with Gasteiger partial charge in [0, 0.05) is 44.5 Å². The molecule has 0 aliphatic carbocycles. The average Bonchev–Trinajstić information content (AvgIpc) is 2.68. The monoisotopic (exact) mass is 403 g/mol. The van der Waals surface area contributed by atoms with E-state index in [2.05, 4.69) is 22.2 Å². The summed E-state index contributed by atoms with van der Waals surface area (Å²) in [7, 11) is 2.11. The molecule has 7 heteroatoms. The molecule has 0 unspecified atom stereocenters. The highest BCUT2D eigenvalue weighted by Crippen LogP contribution is 2.29. The highest BCUT2D eigenvalue weighted by molar-refractivity contribution is 6.01. The molecule has 0 atom stereocenters. The molecule has 2 aromatic rings. The molecule has 0 bridgehead atoms. The normalized spacial score (nSPS) is 16.3. The standard InChI is InChI=1S/C22H24F3N3O/c1-27-10-12-28(13-11-27)16-18-5-3-7-20(15-18)26-21(29)9-8-17-4-2-6-19(14-17)22(23,24)25/h2-9,14-15H,10-13,16H2,1H3,(H,26,29)/b9-8+. The van der Waals surface area contributed by atoms with Crippen molar-refractivity contribution in [3.05, 3.63) is 71.3 Å². The molecule has 0 aromatic heterocycles. The molecule has 2 aromatic carbocycles. The smallest absolute Gasteiger partial charge is 0.323 e. The van der Waals surface area contributed by atoms with Gasteiger partial charge in [0.1, 0.15) is 0 Å². The van der Waals surface area contributed by atoms with E-state index < -0.39 is 11.7 Å². The quantitative estimate of drug-likeness (QED) is 0.764. The first-order valence-corrected chi connectivity index (χ1v) is 9.46. The van der Waals surface area contributed by atoms with Crippen molar-refractivity contribution in [2.45, 2.75) is 12.7 Å². The number of carbonyl (C=O) groups excluding carboxylic acids is 1. The highest BCUT2D eigenvalue weighted by atomic mass is 19.4. The lowest BCUT2D eigenvalue weighted by Gasteiger charge is -2.32. The van der Waals surface area contributed by atoms with Crippen LogP contribution in [-0.2, 0) is 17.5 Å². The molecule has 29 heavy (non-hydrogen) atoms. The Labute approximate surface area is 168 Å². The molecule has 1 saturated heterocycles. The number of anilines is 1. The maximum atomic E-state index is 12.8. The molecule has 0 saturated carbocycles. The topological polar surface area (TPSA) is 35.6 Å². The second-order valence-electron chi connectivity index (χ2n) is 7.23. The second-order valence-corrected chi connectivity index (χ2v) is 7.23. The predicted octanol–water partition coefficient (Wildman–Crippen LogP) is 4.10. The molecule has 0 spiro atoms. The van der Waals surface area contributed by atoms with E-state index in [0.717, 1.165) is 50.4 Å². The van der Waals surface area contributed by atoms with Crippen LogP contribution >= 0.6 is 0 Å². The van der Waals surface area contributed by atoms with Crippen molar-refractivity contribution in [3.8, 4) is 0 Å². The molecule has 1 aliphatic rings. The van der Waals surface area contributed by atoms with Crippen LogP contribution in [0.3, 0.4) is 0 Å². The number of halogens is 3. The Balaban J connectivity index is 1.59. The van der Waals surface area contributed by atoms with Crippen LogP contribution in [0.5, 0.6) is 0 Å². The fourth-order valence-electron chi connectivity index (χ4n) is 3.19. The molecule has 4 nitrogen and oxygen atoms in total. The van der Waals surface area contributed by atoms with Gasteiger partial charge in [-0.15, -0.1) is 0 Å². The minimum absolute atomic E-state index is 0.318. The first kappa shape index (κ1) is 21.1. The largest absolute Gasteiger partial charge is 0.416 e. The fourth-order valence-corrected chi connectivity index (χ4v) is 3.19. The third-order valence-corrected chi connectivity index (χ3v) is 4.84. The number of benzene rings is 2. The molecule has 1 aliphatic heterocycles. The second kappa shape index (κ2) is 9.24. The minimum Gasteiger partial charge on any atom is -0.323 e. The molecule has 1 heterocycles. The molecule has 154 valence electrons. The van der Waals surface area contributed by atoms with Crippen molar-refractivity contribution in [2.24, 2.45) is 0 Å². The first-order valence-electron chi connectivity index (χ1n) is 9.46. The van der Waals surface area contributed by atoms with Gasteiger partial charge in [0.25, 0.3) is 0 Å². The number of hydrogen-bond acceptors (Lipinski definition) is 3. The van der Waals surface area contributed by atoms with Gasteiger partial charge in [-0.2, -0.15) is 13.2 Å². The summed E-state index contributed by atoms with van der Waals surface area (Å²) in [5, 5.41) is 2.77. The zero-order chi connectivity index (χ0) is 20.9. The summed E-state index contributed by atoms with van der Waals surface area (Å²) < 4.78 is 38.3. The van der Waals surface area contributed by atoms with E-state index in [-0.39, 0.29) is 5.91 Å². The first-order chi connectivity index (χ1) is 13.8. The predicted molar refractivity (Wildman–Crippen MR) is 108 cm³/mol. The van der Waals surface area contributed by atoms with Crippen LogP contribution < -0.4 is 5.32 Å². The van der Waals surface area contributed by atoms with Gasteiger partial charge >= 0.3 is 6.18 Å². The Bertz CT molecular complexity index is 872. The third-order valence-electron chi connectivity index (χ3n) is 4.84. The van der Waals surface area contributed by atoms with E-state index >= 15 is 0 Å². The van der Waals surface area contributed by atoms with Gasteiger partial charge in [-0.05, 0) is 48.5 Å². The van der Waals surface area contributed by atoms with Crippen LogP contribution in [0, 0.1) is 0 Å². The van der Waals surface area contributed by atoms with Gasteiger partial charge in [0.05, 0.1) is 5.56 Å². The van der Waals surface area contributed by atoms with Crippen molar-refractivity contribution < 1.29 is 18.0 Å². The van der Waals surface area contributed by atoms with Gasteiger partial charge < -0.3 is 10.2 Å². The number of piperazine rings is 1. The van der Waals surface area contributed by atoms with E-state index in [4.69, 9.17) is 0 Å². The molecule has 1 N–H and O–H groups in total. The Morgan fingerprint density at radius 2 is 1.79 bits per heavy atom. The van der Waals surface area contributed by atoms with Crippen LogP contribution in [0.15, 0.2) is 54.6 Å². The van der Waals surface area contributed by atoms with Crippen molar-refractivity contribution in [2.75, 3.05) is 38.5 Å². The summed E-state index contributed by atoms with van der Waals surface area (Å²) >= 11 is 0. The number of hydrogen-bond donors (Lipinski definition) is 1. The summed E-state index contributed by atoms with van der Waals surface area (Å²) in [6.07, 6.45) is -1.79. The number of nitrogens with zero attached hydrogens (tertiary/aromatic N) is 2. The van der Waals surface area contributed by atoms with Gasteiger partial charge in [-0.3, -0.25) is 9.69 Å². The number of rotatable bonds is 5. The Hall–Kier alpha value is -2.64. The van der Waals surface area contributed by atoms with Crippen molar-refractivity contribution in [1.82, 2.24) is 9.80 Å². The van der Waals surface area contributed by atoms with Gasteiger partial charge in [-0.25, -0.2) is 0 Å². The maximum absolute atomic E-state index is 12.8. The van der Waals surface area contributed by atoms with E-state index in [9.17, 15) is 18.0 Å². The summed E-state index contributed by atoms with van der Waals surface area (Å²) in [5.41, 5.74) is 1.35. The Kier molecular flexibility index (Phi) is 6.71. The molecule has 1 amide bonds. The number of alkyl halides is 3. The summed E-state index contributed by atoms with van der Waals surface area (Å²) in [6, 6.07) is 12.5. The molecule has 0 radical (unpaired) electrons. The molecular formula is C22H24F3N3O. The van der Waals surface area contributed by atoms with Gasteiger partial charge in [0.2, 0.25) is 5.91 Å². The lowest BCUT2D eigenvalue weighted by molar-refractivity contribution is -0.137. The van der Waals surface area contributed by atoms with E-state index in [1.54, 1.807) is 6.07 Å². The average molecular weight is 403 g/mol. The molecular weight excluding hydrogens is 379 g/mol. The zero-order valence-electron chi connectivity index (χ0n) is 16.2. The SMILES string of the molecule is CN1CCN(Cc2cccc(NC(=O)/C=C/c3cccc(C(F)(F)F)c3)c2)CC1. The van der Waals surface area contributed by atoms with Gasteiger partial charge in [0.15, 0.2) is 0 Å². The molecule has 3 rings (SSSR count). The van der Waals surface area contributed by atoms with E-state index in [0.29, 0.717) is 11.3 Å². The van der Waals surface area contributed by atoms with E-state index in [1.807, 2.05) is 18.2 Å². The number of carbonyl (C=O) groups is 1. The fraction of sp³-hybridized carbons (Fsp3) is 0.318. The zero-order valence-corrected chi connectivity index (χ0v) is 16.2.